The lowest BCUT2D eigenvalue weighted by atomic mass is 9.62. The van der Waals surface area contributed by atoms with Gasteiger partial charge in [-0.2, -0.15) is 0 Å². The molecule has 0 heterocycles. The van der Waals surface area contributed by atoms with Crippen molar-refractivity contribution in [2.24, 2.45) is 5.73 Å². The zero-order valence-corrected chi connectivity index (χ0v) is 9.14. The van der Waals surface area contributed by atoms with E-state index in [2.05, 4.69) is 0 Å². The van der Waals surface area contributed by atoms with Crippen LogP contribution in [0.25, 0.3) is 0 Å². The van der Waals surface area contributed by atoms with Gasteiger partial charge in [-0.25, -0.2) is 0 Å². The van der Waals surface area contributed by atoms with Gasteiger partial charge in [-0.1, -0.05) is 12.1 Å². The maximum absolute atomic E-state index is 11.8. The number of nitrogens with two attached hydrogens (primary N) is 1. The van der Waals surface area contributed by atoms with Crippen molar-refractivity contribution in [3.63, 3.8) is 0 Å². The number of benzene rings is 1. The summed E-state index contributed by atoms with van der Waals surface area (Å²) >= 11 is 0. The Balaban J connectivity index is 2.34. The molecule has 4 nitrogen and oxygen atoms in total. The summed E-state index contributed by atoms with van der Waals surface area (Å²) < 4.78 is 4.83. The molecule has 16 heavy (non-hydrogen) atoms. The van der Waals surface area contributed by atoms with Crippen molar-refractivity contribution in [2.75, 3.05) is 7.11 Å². The molecule has 0 bridgehead atoms. The minimum Gasteiger partial charge on any atom is -0.508 e. The van der Waals surface area contributed by atoms with Crippen molar-refractivity contribution in [1.29, 1.82) is 0 Å². The third-order valence-electron chi connectivity index (χ3n) is 3.22. The lowest BCUT2D eigenvalue weighted by Gasteiger charge is -2.43. The molecule has 2 rings (SSSR count). The first-order valence-corrected chi connectivity index (χ1v) is 5.22. The summed E-state index contributed by atoms with van der Waals surface area (Å²) in [6.07, 6.45) is 1.20. The van der Waals surface area contributed by atoms with Crippen molar-refractivity contribution in [1.82, 2.24) is 0 Å². The molecule has 1 aromatic rings. The van der Waals surface area contributed by atoms with Gasteiger partial charge in [0, 0.05) is 6.04 Å². The SMILES string of the molecule is COC(=O)C1(c2ccc(O)cc2)CC(N)C1. The Kier molecular flexibility index (Phi) is 2.59. The highest BCUT2D eigenvalue weighted by Crippen LogP contribution is 2.44. The Hall–Kier alpha value is -1.55. The molecule has 1 saturated carbocycles. The third-order valence-corrected chi connectivity index (χ3v) is 3.22. The van der Waals surface area contributed by atoms with E-state index in [1.54, 1.807) is 24.3 Å². The van der Waals surface area contributed by atoms with Gasteiger partial charge in [0.05, 0.1) is 12.5 Å². The summed E-state index contributed by atoms with van der Waals surface area (Å²) in [5, 5.41) is 9.22. The largest absolute Gasteiger partial charge is 0.508 e. The molecule has 0 aromatic heterocycles. The minimum atomic E-state index is -0.609. The molecule has 4 heteroatoms. The second-order valence-corrected chi connectivity index (χ2v) is 4.29. The maximum Gasteiger partial charge on any atom is 0.316 e. The summed E-state index contributed by atoms with van der Waals surface area (Å²) in [6.45, 7) is 0. The van der Waals surface area contributed by atoms with Gasteiger partial charge in [-0.15, -0.1) is 0 Å². The van der Waals surface area contributed by atoms with Crippen LogP contribution in [0.2, 0.25) is 0 Å². The van der Waals surface area contributed by atoms with E-state index in [1.807, 2.05) is 0 Å². The zero-order chi connectivity index (χ0) is 11.8. The molecule has 0 amide bonds. The predicted molar refractivity (Wildman–Crippen MR) is 59.0 cm³/mol. The molecular formula is C12H15NO3. The van der Waals surface area contributed by atoms with Crippen LogP contribution in [-0.2, 0) is 14.9 Å². The molecule has 1 fully saturated rings. The van der Waals surface area contributed by atoms with E-state index >= 15 is 0 Å². The highest BCUT2D eigenvalue weighted by atomic mass is 16.5. The van der Waals surface area contributed by atoms with Gasteiger partial charge in [0.15, 0.2) is 0 Å². The van der Waals surface area contributed by atoms with Gasteiger partial charge < -0.3 is 15.6 Å². The van der Waals surface area contributed by atoms with Crippen LogP contribution < -0.4 is 5.73 Å². The number of carbonyl (C=O) groups excluding carboxylic acids is 1. The molecule has 0 saturated heterocycles. The van der Waals surface area contributed by atoms with E-state index in [0.29, 0.717) is 12.8 Å². The average Bonchev–Trinajstić information content (AvgIpc) is 2.25. The zero-order valence-electron chi connectivity index (χ0n) is 9.14. The average molecular weight is 221 g/mol. The fraction of sp³-hybridized carbons (Fsp3) is 0.417. The van der Waals surface area contributed by atoms with Crippen molar-refractivity contribution in [2.45, 2.75) is 24.3 Å². The quantitative estimate of drug-likeness (QED) is 0.728. The molecular weight excluding hydrogens is 206 g/mol. The maximum atomic E-state index is 11.8. The number of aromatic hydroxyl groups is 1. The smallest absolute Gasteiger partial charge is 0.316 e. The monoisotopic (exact) mass is 221 g/mol. The molecule has 3 N–H and O–H groups in total. The Morgan fingerprint density at radius 3 is 2.44 bits per heavy atom. The van der Waals surface area contributed by atoms with Crippen molar-refractivity contribution >= 4 is 5.97 Å². The highest BCUT2D eigenvalue weighted by Gasteiger charge is 2.51. The first-order valence-electron chi connectivity index (χ1n) is 5.22. The molecule has 86 valence electrons. The van der Waals surface area contributed by atoms with Crippen molar-refractivity contribution < 1.29 is 14.6 Å². The first kappa shape index (κ1) is 11.0. The number of methoxy groups -OCH3 is 1. The number of carbonyl (C=O) groups is 1. The van der Waals surface area contributed by atoms with Gasteiger partial charge in [0.2, 0.25) is 0 Å². The van der Waals surface area contributed by atoms with Gasteiger partial charge in [-0.3, -0.25) is 4.79 Å². The van der Waals surface area contributed by atoms with Crippen LogP contribution in [0.15, 0.2) is 24.3 Å². The number of phenolic OH excluding ortho intramolecular Hbond substituents is 1. The number of phenols is 1. The highest BCUT2D eigenvalue weighted by molar-refractivity contribution is 5.84. The van der Waals surface area contributed by atoms with Crippen molar-refractivity contribution in [3.05, 3.63) is 29.8 Å². The Bertz CT molecular complexity index is 393. The summed E-state index contributed by atoms with van der Waals surface area (Å²) in [5.41, 5.74) is 6.01. The standard InChI is InChI=1S/C12H15NO3/c1-16-11(15)12(6-9(13)7-12)8-2-4-10(14)5-3-8/h2-5,9,14H,6-7,13H2,1H3. The van der Waals surface area contributed by atoms with E-state index in [0.717, 1.165) is 5.56 Å². The number of rotatable bonds is 2. The predicted octanol–water partition coefficient (Wildman–Crippen LogP) is 0.924. The lowest BCUT2D eigenvalue weighted by molar-refractivity contribution is -0.152. The molecule has 0 atom stereocenters. The Labute approximate surface area is 94.0 Å². The number of hydrogen-bond acceptors (Lipinski definition) is 4. The summed E-state index contributed by atoms with van der Waals surface area (Å²) in [6, 6.07) is 6.69. The molecule has 0 unspecified atom stereocenters. The van der Waals surface area contributed by atoms with Crippen LogP contribution in [0.3, 0.4) is 0 Å². The van der Waals surface area contributed by atoms with E-state index in [1.165, 1.54) is 7.11 Å². The Morgan fingerprint density at radius 1 is 1.44 bits per heavy atom. The van der Waals surface area contributed by atoms with E-state index in [4.69, 9.17) is 10.5 Å². The Morgan fingerprint density at radius 2 is 2.00 bits per heavy atom. The van der Waals surface area contributed by atoms with Crippen LogP contribution >= 0.6 is 0 Å². The van der Waals surface area contributed by atoms with E-state index in [9.17, 15) is 9.90 Å². The minimum absolute atomic E-state index is 0.0490. The van der Waals surface area contributed by atoms with Crippen molar-refractivity contribution in [3.8, 4) is 5.75 Å². The first-order chi connectivity index (χ1) is 7.58. The van der Waals surface area contributed by atoms with Gasteiger partial charge in [-0.05, 0) is 30.5 Å². The van der Waals surface area contributed by atoms with Gasteiger partial charge in [0.1, 0.15) is 5.75 Å². The number of ether oxygens (including phenoxy) is 1. The molecule has 1 aromatic carbocycles. The fourth-order valence-electron chi connectivity index (χ4n) is 2.33. The topological polar surface area (TPSA) is 72.5 Å². The van der Waals surface area contributed by atoms with Gasteiger partial charge in [0.25, 0.3) is 0 Å². The molecule has 1 aliphatic carbocycles. The van der Waals surface area contributed by atoms with Crippen LogP contribution in [0.5, 0.6) is 5.75 Å². The summed E-state index contributed by atoms with van der Waals surface area (Å²) in [4.78, 5) is 11.8. The summed E-state index contributed by atoms with van der Waals surface area (Å²) in [7, 11) is 1.38. The van der Waals surface area contributed by atoms with Crippen LogP contribution in [0.4, 0.5) is 0 Å². The van der Waals surface area contributed by atoms with Crippen LogP contribution in [-0.4, -0.2) is 24.2 Å². The third kappa shape index (κ3) is 1.55. The molecule has 0 aliphatic heterocycles. The summed E-state index contributed by atoms with van der Waals surface area (Å²) in [5.74, 6) is -0.0627. The molecule has 0 radical (unpaired) electrons. The van der Waals surface area contributed by atoms with Crippen LogP contribution in [0.1, 0.15) is 18.4 Å². The van der Waals surface area contributed by atoms with E-state index < -0.39 is 5.41 Å². The molecule has 0 spiro atoms. The molecule has 1 aliphatic rings. The number of esters is 1. The second kappa shape index (κ2) is 3.79. The number of hydrogen-bond donors (Lipinski definition) is 2. The van der Waals surface area contributed by atoms with Crippen LogP contribution in [0, 0.1) is 0 Å². The van der Waals surface area contributed by atoms with Gasteiger partial charge >= 0.3 is 5.97 Å². The normalized spacial score (nSPS) is 28.2. The fourth-order valence-corrected chi connectivity index (χ4v) is 2.33. The van der Waals surface area contributed by atoms with E-state index in [-0.39, 0.29) is 17.8 Å². The lowest BCUT2D eigenvalue weighted by Crippen LogP contribution is -2.54. The second-order valence-electron chi connectivity index (χ2n) is 4.29.